The second kappa shape index (κ2) is 13.0. The fourth-order valence-corrected chi connectivity index (χ4v) is 5.56. The van der Waals surface area contributed by atoms with Crippen LogP contribution in [0.25, 0.3) is 0 Å². The number of carbonyl (C=O) groups excluding carboxylic acids is 1. The number of nitrogens with zero attached hydrogens (tertiary/aromatic N) is 3. The topological polar surface area (TPSA) is 26.8 Å². The number of rotatable bonds is 6. The number of likely N-dealkylation sites (tertiary alicyclic amines) is 1. The molecule has 0 bridgehead atoms. The van der Waals surface area contributed by atoms with Crippen LogP contribution in [0.1, 0.15) is 56.6 Å². The largest absolute Gasteiger partial charge is 0.369 e. The van der Waals surface area contributed by atoms with E-state index in [2.05, 4.69) is 32.9 Å². The molecular weight excluding hydrogens is 429 g/mol. The van der Waals surface area contributed by atoms with Crippen LogP contribution in [0.3, 0.4) is 0 Å². The monoisotopic (exact) mass is 469 g/mol. The molecule has 0 N–H and O–H groups in total. The third kappa shape index (κ3) is 7.35. The molecular formula is C25H41Cl2N3O. The smallest absolute Gasteiger partial charge is 0.143 e. The summed E-state index contributed by atoms with van der Waals surface area (Å²) in [6.45, 7) is 10.6. The van der Waals surface area contributed by atoms with Crippen molar-refractivity contribution in [1.29, 1.82) is 0 Å². The molecule has 0 radical (unpaired) electrons. The Balaban J connectivity index is 0.00000171. The molecule has 0 atom stereocenters. The Morgan fingerprint density at radius 3 is 2.32 bits per heavy atom. The molecule has 0 saturated carbocycles. The molecule has 2 fully saturated rings. The van der Waals surface area contributed by atoms with Gasteiger partial charge in [0.05, 0.1) is 6.54 Å². The number of aryl methyl sites for hydroxylation is 1. The first-order valence-electron chi connectivity index (χ1n) is 12.0. The Hall–Kier alpha value is -0.810. The number of piperidine rings is 1. The summed E-state index contributed by atoms with van der Waals surface area (Å²) >= 11 is 0. The van der Waals surface area contributed by atoms with E-state index in [9.17, 15) is 4.79 Å². The Labute approximate surface area is 201 Å². The molecule has 0 spiro atoms. The molecule has 4 nitrogen and oxygen atoms in total. The highest BCUT2D eigenvalue weighted by molar-refractivity contribution is 5.85. The molecule has 0 unspecified atom stereocenters. The first kappa shape index (κ1) is 26.4. The Kier molecular flexibility index (Phi) is 11.1. The quantitative estimate of drug-likeness (QED) is 0.568. The maximum Gasteiger partial charge on any atom is 0.143 e. The number of Topliss-reactive ketones (excluding diaryl/α,β-unsaturated/α-hetero) is 1. The minimum Gasteiger partial charge on any atom is -0.369 e. The zero-order chi connectivity index (χ0) is 20.1. The molecule has 0 amide bonds. The van der Waals surface area contributed by atoms with Crippen LogP contribution < -0.4 is 4.90 Å². The number of halogens is 2. The molecule has 176 valence electrons. The van der Waals surface area contributed by atoms with E-state index in [1.165, 1.54) is 89.8 Å². The van der Waals surface area contributed by atoms with Crippen LogP contribution in [0.5, 0.6) is 0 Å². The van der Waals surface area contributed by atoms with Crippen molar-refractivity contribution in [1.82, 2.24) is 9.80 Å². The van der Waals surface area contributed by atoms with E-state index in [-0.39, 0.29) is 24.8 Å². The van der Waals surface area contributed by atoms with Crippen LogP contribution in [-0.4, -0.2) is 67.9 Å². The van der Waals surface area contributed by atoms with Crippen LogP contribution in [0.2, 0.25) is 0 Å². The summed E-state index contributed by atoms with van der Waals surface area (Å²) in [5.74, 6) is 1.15. The fourth-order valence-electron chi connectivity index (χ4n) is 5.56. The zero-order valence-electron chi connectivity index (χ0n) is 19.2. The number of piperazine rings is 1. The molecule has 1 aliphatic carbocycles. The van der Waals surface area contributed by atoms with Crippen molar-refractivity contribution in [2.45, 2.75) is 58.3 Å². The summed E-state index contributed by atoms with van der Waals surface area (Å²) in [6, 6.07) is 7.01. The number of hydrogen-bond donors (Lipinski definition) is 0. The van der Waals surface area contributed by atoms with Crippen LogP contribution in [0.4, 0.5) is 5.69 Å². The van der Waals surface area contributed by atoms with Gasteiger partial charge >= 0.3 is 0 Å². The molecule has 0 aromatic heterocycles. The zero-order valence-corrected chi connectivity index (χ0v) is 20.8. The van der Waals surface area contributed by atoms with Crippen molar-refractivity contribution in [2.24, 2.45) is 5.92 Å². The van der Waals surface area contributed by atoms with Gasteiger partial charge in [0.2, 0.25) is 0 Å². The van der Waals surface area contributed by atoms with E-state index in [4.69, 9.17) is 0 Å². The van der Waals surface area contributed by atoms with E-state index in [1.54, 1.807) is 18.1 Å². The van der Waals surface area contributed by atoms with Gasteiger partial charge in [-0.15, -0.1) is 24.8 Å². The SMILES string of the molecule is CC(=O)CN1CCC(CCN2CCN(c3cccc4c3CCCCC4)CC2)CC1.Cl.Cl. The number of carbonyl (C=O) groups is 1. The number of fused-ring (bicyclic) bond motifs is 1. The Bertz CT molecular complexity index is 683. The number of hydrogen-bond acceptors (Lipinski definition) is 4. The van der Waals surface area contributed by atoms with Crippen molar-refractivity contribution >= 4 is 36.3 Å². The average Bonchev–Trinajstić information content (AvgIpc) is 2.99. The van der Waals surface area contributed by atoms with Gasteiger partial charge in [-0.25, -0.2) is 0 Å². The van der Waals surface area contributed by atoms with Crippen molar-refractivity contribution in [2.75, 3.05) is 57.3 Å². The van der Waals surface area contributed by atoms with Gasteiger partial charge in [0.25, 0.3) is 0 Å². The van der Waals surface area contributed by atoms with Gasteiger partial charge in [0.15, 0.2) is 0 Å². The van der Waals surface area contributed by atoms with Gasteiger partial charge in [-0.1, -0.05) is 18.6 Å². The van der Waals surface area contributed by atoms with Crippen molar-refractivity contribution in [3.63, 3.8) is 0 Å². The predicted molar refractivity (Wildman–Crippen MR) is 135 cm³/mol. The third-order valence-corrected chi connectivity index (χ3v) is 7.34. The minimum absolute atomic E-state index is 0. The van der Waals surface area contributed by atoms with Gasteiger partial charge < -0.3 is 4.90 Å². The molecule has 1 aromatic carbocycles. The summed E-state index contributed by atoms with van der Waals surface area (Å²) in [5.41, 5.74) is 4.79. The molecule has 4 rings (SSSR count). The minimum atomic E-state index is 0. The molecule has 31 heavy (non-hydrogen) atoms. The molecule has 2 saturated heterocycles. The second-order valence-electron chi connectivity index (χ2n) is 9.51. The van der Waals surface area contributed by atoms with Gasteiger partial charge in [-0.2, -0.15) is 0 Å². The molecule has 2 heterocycles. The van der Waals surface area contributed by atoms with Crippen molar-refractivity contribution in [3.05, 3.63) is 29.3 Å². The maximum atomic E-state index is 11.3. The van der Waals surface area contributed by atoms with Gasteiger partial charge in [0.1, 0.15) is 5.78 Å². The predicted octanol–water partition coefficient (Wildman–Crippen LogP) is 4.61. The number of anilines is 1. The fraction of sp³-hybridized carbons (Fsp3) is 0.720. The highest BCUT2D eigenvalue weighted by atomic mass is 35.5. The molecule has 6 heteroatoms. The summed E-state index contributed by atoms with van der Waals surface area (Å²) < 4.78 is 0. The standard InChI is InChI=1S/C25H39N3O.2ClH/c1-21(29)20-27-14-11-22(12-15-27)10-13-26-16-18-28(19-17-26)25-9-5-7-23-6-3-2-4-8-24(23)25;;/h5,7,9,22H,2-4,6,8,10-20H2,1H3;2*1H. The second-order valence-corrected chi connectivity index (χ2v) is 9.51. The van der Waals surface area contributed by atoms with E-state index >= 15 is 0 Å². The highest BCUT2D eigenvalue weighted by Gasteiger charge is 2.23. The van der Waals surface area contributed by atoms with Gasteiger partial charge in [-0.05, 0) is 94.6 Å². The van der Waals surface area contributed by atoms with E-state index in [0.29, 0.717) is 12.3 Å². The summed E-state index contributed by atoms with van der Waals surface area (Å²) in [6.07, 6.45) is 10.5. The normalized spacial score (nSPS) is 20.9. The van der Waals surface area contributed by atoms with Crippen LogP contribution in [0, 0.1) is 5.92 Å². The lowest BCUT2D eigenvalue weighted by molar-refractivity contribution is -0.118. The van der Waals surface area contributed by atoms with Crippen LogP contribution >= 0.6 is 24.8 Å². The van der Waals surface area contributed by atoms with Gasteiger partial charge in [0, 0.05) is 31.9 Å². The van der Waals surface area contributed by atoms with Gasteiger partial charge in [-0.3, -0.25) is 14.6 Å². The Morgan fingerprint density at radius 1 is 0.903 bits per heavy atom. The summed E-state index contributed by atoms with van der Waals surface area (Å²) in [7, 11) is 0. The number of benzene rings is 1. The van der Waals surface area contributed by atoms with E-state index < -0.39 is 0 Å². The lowest BCUT2D eigenvalue weighted by Crippen LogP contribution is -2.47. The lowest BCUT2D eigenvalue weighted by atomic mass is 9.93. The first-order valence-corrected chi connectivity index (χ1v) is 12.0. The third-order valence-electron chi connectivity index (χ3n) is 7.34. The lowest BCUT2D eigenvalue weighted by Gasteiger charge is -2.38. The highest BCUT2D eigenvalue weighted by Crippen LogP contribution is 2.30. The first-order chi connectivity index (χ1) is 14.2. The van der Waals surface area contributed by atoms with E-state index in [0.717, 1.165) is 19.0 Å². The molecule has 2 aliphatic heterocycles. The van der Waals surface area contributed by atoms with Crippen LogP contribution in [-0.2, 0) is 17.6 Å². The molecule has 3 aliphatic rings. The average molecular weight is 471 g/mol. The van der Waals surface area contributed by atoms with Crippen molar-refractivity contribution < 1.29 is 4.79 Å². The maximum absolute atomic E-state index is 11.3. The van der Waals surface area contributed by atoms with Crippen LogP contribution in [0.15, 0.2) is 18.2 Å². The molecule has 1 aromatic rings. The van der Waals surface area contributed by atoms with E-state index in [1.807, 2.05) is 0 Å². The summed E-state index contributed by atoms with van der Waals surface area (Å²) in [5, 5.41) is 0. The number of ketones is 1. The summed E-state index contributed by atoms with van der Waals surface area (Å²) in [4.78, 5) is 19.0. The Morgan fingerprint density at radius 2 is 1.61 bits per heavy atom. The van der Waals surface area contributed by atoms with Crippen molar-refractivity contribution in [3.8, 4) is 0 Å².